The number of hydrogen-bond donors (Lipinski definition) is 2. The van der Waals surface area contributed by atoms with Gasteiger partial charge >= 0.3 is 0 Å². The van der Waals surface area contributed by atoms with E-state index in [0.717, 1.165) is 20.7 Å². The van der Waals surface area contributed by atoms with Gasteiger partial charge in [0.2, 0.25) is 5.91 Å². The van der Waals surface area contributed by atoms with Gasteiger partial charge in [0, 0.05) is 16.1 Å². The second kappa shape index (κ2) is 9.97. The van der Waals surface area contributed by atoms with Crippen molar-refractivity contribution in [2.75, 3.05) is 10.6 Å². The molecule has 0 aliphatic carbocycles. The van der Waals surface area contributed by atoms with Crippen molar-refractivity contribution in [3.63, 3.8) is 0 Å². The Morgan fingerprint density at radius 3 is 2.53 bits per heavy atom. The highest BCUT2D eigenvalue weighted by Gasteiger charge is 2.20. The molecule has 1 heterocycles. The Balaban J connectivity index is 1.42. The lowest BCUT2D eigenvalue weighted by Gasteiger charge is -2.14. The molecule has 0 saturated heterocycles. The number of thioether (sulfide) groups is 1. The molecule has 0 bridgehead atoms. The first-order chi connectivity index (χ1) is 15.5. The molecule has 1 aromatic heterocycles. The molecule has 0 spiro atoms. The second-order valence-electron chi connectivity index (χ2n) is 7.34. The molecule has 4 rings (SSSR count). The normalized spacial score (nSPS) is 11.8. The predicted molar refractivity (Wildman–Crippen MR) is 134 cm³/mol. The summed E-state index contributed by atoms with van der Waals surface area (Å²) in [7, 11) is 0. The van der Waals surface area contributed by atoms with Gasteiger partial charge in [-0.2, -0.15) is 0 Å². The SMILES string of the molecule is CCC(Sc1cccc(NC(=O)c2ccc(C)cc2)c1)C(=O)Nc1nc2ccccc2s1. The highest BCUT2D eigenvalue weighted by Crippen LogP contribution is 2.30. The van der Waals surface area contributed by atoms with Gasteiger partial charge in [0.1, 0.15) is 0 Å². The van der Waals surface area contributed by atoms with E-state index in [1.807, 2.05) is 86.6 Å². The van der Waals surface area contributed by atoms with E-state index in [1.54, 1.807) is 0 Å². The van der Waals surface area contributed by atoms with E-state index in [9.17, 15) is 9.59 Å². The number of benzene rings is 3. The first-order valence-electron chi connectivity index (χ1n) is 10.3. The van der Waals surface area contributed by atoms with Crippen LogP contribution in [0.5, 0.6) is 0 Å². The summed E-state index contributed by atoms with van der Waals surface area (Å²) >= 11 is 2.94. The van der Waals surface area contributed by atoms with Crippen LogP contribution < -0.4 is 10.6 Å². The molecule has 3 aromatic carbocycles. The van der Waals surface area contributed by atoms with Crippen molar-refractivity contribution in [3.8, 4) is 0 Å². The van der Waals surface area contributed by atoms with E-state index < -0.39 is 0 Å². The van der Waals surface area contributed by atoms with Gasteiger partial charge in [0.05, 0.1) is 15.5 Å². The maximum Gasteiger partial charge on any atom is 0.255 e. The van der Waals surface area contributed by atoms with Gasteiger partial charge in [-0.25, -0.2) is 4.98 Å². The van der Waals surface area contributed by atoms with Crippen LogP contribution in [0.1, 0.15) is 29.3 Å². The molecule has 0 radical (unpaired) electrons. The Labute approximate surface area is 195 Å². The average molecular weight is 462 g/mol. The van der Waals surface area contributed by atoms with Crippen molar-refractivity contribution < 1.29 is 9.59 Å². The van der Waals surface area contributed by atoms with Crippen molar-refractivity contribution >= 4 is 55.9 Å². The minimum Gasteiger partial charge on any atom is -0.322 e. The van der Waals surface area contributed by atoms with Crippen LogP contribution in [0.25, 0.3) is 10.2 Å². The quantitative estimate of drug-likeness (QED) is 0.314. The Morgan fingerprint density at radius 1 is 1.00 bits per heavy atom. The molecule has 2 amide bonds. The second-order valence-corrected chi connectivity index (χ2v) is 9.65. The lowest BCUT2D eigenvalue weighted by molar-refractivity contribution is -0.115. The fourth-order valence-corrected chi connectivity index (χ4v) is 5.04. The minimum absolute atomic E-state index is 0.0781. The number of carbonyl (C=O) groups excluding carboxylic acids is 2. The van der Waals surface area contributed by atoms with Crippen molar-refractivity contribution in [2.24, 2.45) is 0 Å². The summed E-state index contributed by atoms with van der Waals surface area (Å²) in [6.07, 6.45) is 0.668. The lowest BCUT2D eigenvalue weighted by atomic mass is 10.1. The van der Waals surface area contributed by atoms with Crippen LogP contribution in [0, 0.1) is 6.92 Å². The fourth-order valence-electron chi connectivity index (χ4n) is 3.15. The molecule has 162 valence electrons. The van der Waals surface area contributed by atoms with Crippen LogP contribution in [-0.2, 0) is 4.79 Å². The highest BCUT2D eigenvalue weighted by atomic mass is 32.2. The summed E-state index contributed by atoms with van der Waals surface area (Å²) in [5, 5.41) is 6.22. The number of rotatable bonds is 7. The topological polar surface area (TPSA) is 71.1 Å². The van der Waals surface area contributed by atoms with E-state index in [4.69, 9.17) is 0 Å². The Morgan fingerprint density at radius 2 is 1.78 bits per heavy atom. The maximum absolute atomic E-state index is 12.9. The van der Waals surface area contributed by atoms with E-state index in [1.165, 1.54) is 23.1 Å². The van der Waals surface area contributed by atoms with Crippen molar-refractivity contribution in [1.82, 2.24) is 4.98 Å². The van der Waals surface area contributed by atoms with Gasteiger partial charge in [0.25, 0.3) is 5.91 Å². The number of hydrogen-bond acceptors (Lipinski definition) is 5. The van der Waals surface area contributed by atoms with Crippen LogP contribution in [0.15, 0.2) is 77.7 Å². The summed E-state index contributed by atoms with van der Waals surface area (Å²) in [6.45, 7) is 3.97. The Hall–Kier alpha value is -3.16. The summed E-state index contributed by atoms with van der Waals surface area (Å²) in [5.74, 6) is -0.238. The first-order valence-corrected chi connectivity index (χ1v) is 12.0. The number of aryl methyl sites for hydroxylation is 1. The summed E-state index contributed by atoms with van der Waals surface area (Å²) in [6, 6.07) is 22.8. The van der Waals surface area contributed by atoms with Gasteiger partial charge < -0.3 is 10.6 Å². The van der Waals surface area contributed by atoms with Crippen molar-refractivity contribution in [1.29, 1.82) is 0 Å². The van der Waals surface area contributed by atoms with Gasteiger partial charge in [0.15, 0.2) is 5.13 Å². The highest BCUT2D eigenvalue weighted by molar-refractivity contribution is 8.00. The molecule has 0 aliphatic heterocycles. The first kappa shape index (κ1) is 22.0. The molecule has 1 unspecified atom stereocenters. The molecule has 7 heteroatoms. The van der Waals surface area contributed by atoms with E-state index in [-0.39, 0.29) is 17.1 Å². The molecule has 4 aromatic rings. The monoisotopic (exact) mass is 461 g/mol. The van der Waals surface area contributed by atoms with E-state index >= 15 is 0 Å². The third kappa shape index (κ3) is 5.36. The fraction of sp³-hybridized carbons (Fsp3) is 0.160. The zero-order valence-electron chi connectivity index (χ0n) is 17.8. The molecular weight excluding hydrogens is 438 g/mol. The van der Waals surface area contributed by atoms with Gasteiger partial charge in [-0.1, -0.05) is 54.2 Å². The standard InChI is InChI=1S/C25H23N3O2S2/c1-3-21(24(30)28-25-27-20-9-4-5-10-22(20)32-25)31-19-8-6-7-18(15-19)26-23(29)17-13-11-16(2)12-14-17/h4-15,21H,3H2,1-2H3,(H,26,29)(H,27,28,30). The Bertz CT molecular complexity index is 1220. The maximum atomic E-state index is 12.9. The van der Waals surface area contributed by atoms with Crippen LogP contribution in [0.3, 0.4) is 0 Å². The average Bonchev–Trinajstić information content (AvgIpc) is 3.20. The zero-order chi connectivity index (χ0) is 22.5. The number of carbonyl (C=O) groups is 2. The number of amides is 2. The largest absolute Gasteiger partial charge is 0.322 e. The van der Waals surface area contributed by atoms with Gasteiger partial charge in [-0.3, -0.25) is 9.59 Å². The number of nitrogens with zero attached hydrogens (tertiary/aromatic N) is 1. The predicted octanol–water partition coefficient (Wildman–Crippen LogP) is 6.37. The number of fused-ring (bicyclic) bond motifs is 1. The van der Waals surface area contributed by atoms with Crippen LogP contribution >= 0.6 is 23.1 Å². The van der Waals surface area contributed by atoms with Gasteiger partial charge in [-0.05, 0) is 55.8 Å². The Kier molecular flexibility index (Phi) is 6.87. The van der Waals surface area contributed by atoms with Crippen LogP contribution in [0.4, 0.5) is 10.8 Å². The van der Waals surface area contributed by atoms with E-state index in [0.29, 0.717) is 22.8 Å². The minimum atomic E-state index is -0.273. The molecule has 0 saturated carbocycles. The third-order valence-electron chi connectivity index (χ3n) is 4.87. The number of nitrogens with one attached hydrogen (secondary N) is 2. The molecule has 1 atom stereocenters. The molecule has 5 nitrogen and oxygen atoms in total. The molecule has 32 heavy (non-hydrogen) atoms. The third-order valence-corrected chi connectivity index (χ3v) is 7.18. The summed E-state index contributed by atoms with van der Waals surface area (Å²) in [4.78, 5) is 30.8. The number of aromatic nitrogens is 1. The molecule has 0 aliphatic rings. The smallest absolute Gasteiger partial charge is 0.255 e. The van der Waals surface area contributed by atoms with E-state index in [2.05, 4.69) is 15.6 Å². The summed E-state index contributed by atoms with van der Waals surface area (Å²) in [5.41, 5.74) is 3.29. The number of thiazole rings is 1. The summed E-state index contributed by atoms with van der Waals surface area (Å²) < 4.78 is 1.04. The van der Waals surface area contributed by atoms with Crippen LogP contribution in [-0.4, -0.2) is 22.0 Å². The molecule has 2 N–H and O–H groups in total. The molecule has 0 fully saturated rings. The van der Waals surface area contributed by atoms with Crippen molar-refractivity contribution in [2.45, 2.75) is 30.4 Å². The van der Waals surface area contributed by atoms with Crippen molar-refractivity contribution in [3.05, 3.63) is 83.9 Å². The van der Waals surface area contributed by atoms with Gasteiger partial charge in [-0.15, -0.1) is 11.8 Å². The zero-order valence-corrected chi connectivity index (χ0v) is 19.4. The number of para-hydroxylation sites is 1. The number of anilines is 2. The lowest BCUT2D eigenvalue weighted by Crippen LogP contribution is -2.24. The molecular formula is C25H23N3O2S2. The van der Waals surface area contributed by atoms with Crippen LogP contribution in [0.2, 0.25) is 0 Å².